The van der Waals surface area contributed by atoms with Gasteiger partial charge in [-0.2, -0.15) is 0 Å². The van der Waals surface area contributed by atoms with Gasteiger partial charge in [-0.3, -0.25) is 4.90 Å². The van der Waals surface area contributed by atoms with Crippen molar-refractivity contribution in [2.45, 2.75) is 32.4 Å². The normalized spacial score (nSPS) is 20.1. The molecule has 4 N–H and O–H groups in total. The van der Waals surface area contributed by atoms with Gasteiger partial charge in [0.2, 0.25) is 0 Å². The number of nitrogens with one attached hydrogen (secondary N) is 1. The molecule has 0 radical (unpaired) electrons. The summed E-state index contributed by atoms with van der Waals surface area (Å²) in [5, 5.41) is 14.8. The number of hydrogen-bond acceptors (Lipinski definition) is 4. The third-order valence-corrected chi connectivity index (χ3v) is 4.06. The van der Waals surface area contributed by atoms with Crippen LogP contribution in [0.1, 0.15) is 30.9 Å². The fourth-order valence-electron chi connectivity index (χ4n) is 2.82. The van der Waals surface area contributed by atoms with Crippen molar-refractivity contribution in [1.29, 1.82) is 0 Å². The van der Waals surface area contributed by atoms with Crippen molar-refractivity contribution in [1.82, 2.24) is 10.2 Å². The molecule has 1 aromatic rings. The second-order valence-corrected chi connectivity index (χ2v) is 5.35. The molecule has 1 unspecified atom stereocenters. The summed E-state index contributed by atoms with van der Waals surface area (Å²) in [5.41, 5.74) is 6.41. The highest BCUT2D eigenvalue weighted by atomic mass is 19.1. The second-order valence-electron chi connectivity index (χ2n) is 5.35. The molecule has 1 fully saturated rings. The van der Waals surface area contributed by atoms with Gasteiger partial charge in [0.1, 0.15) is 5.82 Å². The highest BCUT2D eigenvalue weighted by Crippen LogP contribution is 2.16. The number of nitrogens with two attached hydrogens (primary N) is 1. The monoisotopic (exact) mass is 294 g/mol. The van der Waals surface area contributed by atoms with Crippen molar-refractivity contribution >= 4 is 5.84 Å². The van der Waals surface area contributed by atoms with Gasteiger partial charge < -0.3 is 16.3 Å². The zero-order valence-corrected chi connectivity index (χ0v) is 12.3. The minimum absolute atomic E-state index is 0.0852. The van der Waals surface area contributed by atoms with Crippen molar-refractivity contribution in [2.75, 3.05) is 19.6 Å². The summed E-state index contributed by atoms with van der Waals surface area (Å²) in [4.78, 5) is 2.45. The van der Waals surface area contributed by atoms with E-state index in [0.717, 1.165) is 19.6 Å². The van der Waals surface area contributed by atoms with E-state index in [1.54, 1.807) is 12.1 Å². The van der Waals surface area contributed by atoms with Crippen LogP contribution in [0.5, 0.6) is 0 Å². The molecule has 0 aromatic heterocycles. The van der Waals surface area contributed by atoms with Crippen LogP contribution in [0, 0.1) is 5.82 Å². The van der Waals surface area contributed by atoms with E-state index in [4.69, 9.17) is 10.9 Å². The highest BCUT2D eigenvalue weighted by molar-refractivity contribution is 5.97. The molecule has 2 rings (SSSR count). The third-order valence-electron chi connectivity index (χ3n) is 4.06. The molecule has 0 amide bonds. The van der Waals surface area contributed by atoms with Gasteiger partial charge in [-0.15, -0.1) is 0 Å². The van der Waals surface area contributed by atoms with E-state index in [1.807, 2.05) is 0 Å². The molecule has 1 saturated heterocycles. The summed E-state index contributed by atoms with van der Waals surface area (Å²) >= 11 is 0. The van der Waals surface area contributed by atoms with Crippen LogP contribution < -0.4 is 11.1 Å². The van der Waals surface area contributed by atoms with Crippen LogP contribution in [0.3, 0.4) is 0 Å². The Morgan fingerprint density at radius 1 is 1.57 bits per heavy atom. The highest BCUT2D eigenvalue weighted by Gasteiger charge is 2.22. The molecule has 5 nitrogen and oxygen atoms in total. The van der Waals surface area contributed by atoms with E-state index in [-0.39, 0.29) is 11.7 Å². The topological polar surface area (TPSA) is 73.9 Å². The maximum atomic E-state index is 13.9. The number of benzene rings is 1. The Morgan fingerprint density at radius 2 is 2.38 bits per heavy atom. The number of likely N-dealkylation sites (tertiary alicyclic amines) is 1. The summed E-state index contributed by atoms with van der Waals surface area (Å²) in [7, 11) is 0. The van der Waals surface area contributed by atoms with E-state index >= 15 is 0 Å². The minimum atomic E-state index is -0.342. The third kappa shape index (κ3) is 3.92. The van der Waals surface area contributed by atoms with E-state index in [1.165, 1.54) is 18.9 Å². The molecule has 0 bridgehead atoms. The maximum absolute atomic E-state index is 13.9. The van der Waals surface area contributed by atoms with Crippen molar-refractivity contribution in [3.05, 3.63) is 35.1 Å². The van der Waals surface area contributed by atoms with Crippen molar-refractivity contribution in [3.8, 4) is 0 Å². The average Bonchev–Trinajstić information content (AvgIpc) is 2.95. The molecule has 1 aliphatic rings. The molecular formula is C15H23FN4O. The van der Waals surface area contributed by atoms with Gasteiger partial charge in [0.25, 0.3) is 0 Å². The van der Waals surface area contributed by atoms with Crippen LogP contribution >= 0.6 is 0 Å². The summed E-state index contributed by atoms with van der Waals surface area (Å²) in [6, 6.07) is 5.17. The fraction of sp³-hybridized carbons (Fsp3) is 0.533. The summed E-state index contributed by atoms with van der Waals surface area (Å²) in [5.74, 6) is -0.427. The van der Waals surface area contributed by atoms with Crippen molar-refractivity contribution in [2.24, 2.45) is 10.9 Å². The molecule has 21 heavy (non-hydrogen) atoms. The van der Waals surface area contributed by atoms with Crippen LogP contribution in [0.2, 0.25) is 0 Å². The molecule has 1 heterocycles. The quantitative estimate of drug-likeness (QED) is 0.322. The Morgan fingerprint density at radius 3 is 3.05 bits per heavy atom. The number of hydrogen-bond donors (Lipinski definition) is 3. The van der Waals surface area contributed by atoms with Gasteiger partial charge in [0.05, 0.1) is 0 Å². The Labute approximate surface area is 124 Å². The Kier molecular flexibility index (Phi) is 5.52. The van der Waals surface area contributed by atoms with E-state index < -0.39 is 0 Å². The van der Waals surface area contributed by atoms with E-state index in [0.29, 0.717) is 23.7 Å². The number of rotatable bonds is 6. The predicted octanol–water partition coefficient (Wildman–Crippen LogP) is 1.49. The molecule has 6 heteroatoms. The van der Waals surface area contributed by atoms with Crippen molar-refractivity contribution < 1.29 is 9.60 Å². The van der Waals surface area contributed by atoms with Gasteiger partial charge >= 0.3 is 0 Å². The molecular weight excluding hydrogens is 271 g/mol. The van der Waals surface area contributed by atoms with Crippen LogP contribution in [0.4, 0.5) is 4.39 Å². The zero-order chi connectivity index (χ0) is 15.2. The van der Waals surface area contributed by atoms with Gasteiger partial charge in [-0.05, 0) is 32.0 Å². The molecule has 0 saturated carbocycles. The fourth-order valence-corrected chi connectivity index (χ4v) is 2.82. The van der Waals surface area contributed by atoms with Gasteiger partial charge in [0.15, 0.2) is 5.84 Å². The summed E-state index contributed by atoms with van der Waals surface area (Å²) in [6.07, 6.45) is 2.44. The lowest BCUT2D eigenvalue weighted by atomic mass is 10.1. The Bertz CT molecular complexity index is 506. The van der Waals surface area contributed by atoms with Crippen LogP contribution in [0.25, 0.3) is 0 Å². The SMILES string of the molecule is CCN1CCCC1CNCc1ccc(C(N)=NO)cc1F. The molecule has 1 aliphatic heterocycles. The number of amidine groups is 1. The minimum Gasteiger partial charge on any atom is -0.409 e. The number of likely N-dealkylation sites (N-methyl/N-ethyl adjacent to an activating group) is 1. The second kappa shape index (κ2) is 7.38. The smallest absolute Gasteiger partial charge is 0.170 e. The largest absolute Gasteiger partial charge is 0.409 e. The lowest BCUT2D eigenvalue weighted by Gasteiger charge is -2.23. The van der Waals surface area contributed by atoms with Gasteiger partial charge in [-0.1, -0.05) is 24.2 Å². The first kappa shape index (κ1) is 15.7. The van der Waals surface area contributed by atoms with Crippen LogP contribution in [0.15, 0.2) is 23.4 Å². The predicted molar refractivity (Wildman–Crippen MR) is 80.9 cm³/mol. The summed E-state index contributed by atoms with van der Waals surface area (Å²) in [6.45, 7) is 5.75. The Balaban J connectivity index is 1.89. The standard InChI is InChI=1S/C15H23FN4O/c1-2-20-7-3-4-13(20)10-18-9-12-6-5-11(8-14(12)16)15(17)19-21/h5-6,8,13,18,21H,2-4,7,9-10H2,1H3,(H2,17,19). The lowest BCUT2D eigenvalue weighted by Crippen LogP contribution is -2.37. The van der Waals surface area contributed by atoms with E-state index in [9.17, 15) is 4.39 Å². The lowest BCUT2D eigenvalue weighted by molar-refractivity contribution is 0.259. The number of nitrogens with zero attached hydrogens (tertiary/aromatic N) is 2. The Hall–Kier alpha value is -1.66. The first-order valence-corrected chi connectivity index (χ1v) is 7.36. The van der Waals surface area contributed by atoms with Crippen LogP contribution in [-0.4, -0.2) is 41.6 Å². The first-order chi connectivity index (χ1) is 10.2. The molecule has 0 spiro atoms. The van der Waals surface area contributed by atoms with E-state index in [2.05, 4.69) is 22.3 Å². The molecule has 1 aromatic carbocycles. The molecule has 1 atom stereocenters. The average molecular weight is 294 g/mol. The van der Waals surface area contributed by atoms with Gasteiger partial charge in [-0.25, -0.2) is 4.39 Å². The maximum Gasteiger partial charge on any atom is 0.170 e. The van der Waals surface area contributed by atoms with Gasteiger partial charge in [0, 0.05) is 30.3 Å². The summed E-state index contributed by atoms with van der Waals surface area (Å²) < 4.78 is 13.9. The zero-order valence-electron chi connectivity index (χ0n) is 12.3. The number of halogens is 1. The molecule has 116 valence electrons. The van der Waals surface area contributed by atoms with Crippen LogP contribution in [-0.2, 0) is 6.54 Å². The first-order valence-electron chi connectivity index (χ1n) is 7.36. The molecule has 0 aliphatic carbocycles. The number of oxime groups is 1. The van der Waals surface area contributed by atoms with Crippen molar-refractivity contribution in [3.63, 3.8) is 0 Å².